The molecule has 0 aliphatic heterocycles. The number of hydrogen-bond donors (Lipinski definition) is 1. The minimum atomic E-state index is 0.348. The van der Waals surface area contributed by atoms with E-state index in [1.54, 1.807) is 6.07 Å². The molecule has 1 unspecified atom stereocenters. The van der Waals surface area contributed by atoms with Crippen molar-refractivity contribution in [3.8, 4) is 11.2 Å². The van der Waals surface area contributed by atoms with Crippen molar-refractivity contribution in [1.29, 1.82) is 5.26 Å². The number of phenolic OH excluding ortho intramolecular Hbond substituents is 1. The van der Waals surface area contributed by atoms with Gasteiger partial charge in [-0.2, -0.15) is 5.26 Å². The van der Waals surface area contributed by atoms with Crippen molar-refractivity contribution in [3.63, 3.8) is 0 Å². The van der Waals surface area contributed by atoms with Crippen LogP contribution in [0, 0.1) is 16.6 Å². The Morgan fingerprint density at radius 2 is 2.21 bits per heavy atom. The van der Waals surface area contributed by atoms with Crippen molar-refractivity contribution < 1.29 is 5.11 Å². The Hall–Kier alpha value is -1.14. The fourth-order valence-corrected chi connectivity index (χ4v) is 1.77. The summed E-state index contributed by atoms with van der Waals surface area (Å²) in [6, 6.07) is 7.34. The van der Waals surface area contributed by atoms with E-state index in [2.05, 4.69) is 12.3 Å². The fraction of sp³-hybridized carbons (Fsp3) is 0.364. The molecule has 3 heteroatoms. The van der Waals surface area contributed by atoms with E-state index in [0.717, 1.165) is 17.7 Å². The number of aromatic hydroxyl groups is 1. The van der Waals surface area contributed by atoms with Gasteiger partial charge in [0, 0.05) is 5.75 Å². The van der Waals surface area contributed by atoms with Gasteiger partial charge in [-0.1, -0.05) is 25.1 Å². The van der Waals surface area contributed by atoms with E-state index in [4.69, 9.17) is 5.26 Å². The van der Waals surface area contributed by atoms with Crippen molar-refractivity contribution in [2.75, 3.05) is 5.75 Å². The van der Waals surface area contributed by atoms with Crippen LogP contribution in [-0.4, -0.2) is 10.9 Å². The lowest BCUT2D eigenvalue weighted by atomic mass is 10.0. The SMILES string of the molecule is CC(CSC#N)Cc1ccccc1O. The average molecular weight is 207 g/mol. The number of phenols is 1. The molecule has 1 rings (SSSR count). The molecule has 1 aromatic carbocycles. The first-order valence-corrected chi connectivity index (χ1v) is 5.50. The van der Waals surface area contributed by atoms with Crippen LogP contribution in [0.5, 0.6) is 5.75 Å². The molecular weight excluding hydrogens is 194 g/mol. The maximum atomic E-state index is 9.51. The van der Waals surface area contributed by atoms with E-state index in [-0.39, 0.29) is 0 Å². The maximum absolute atomic E-state index is 9.51. The summed E-state index contributed by atoms with van der Waals surface area (Å²) in [5, 5.41) is 20.0. The topological polar surface area (TPSA) is 44.0 Å². The van der Waals surface area contributed by atoms with Crippen molar-refractivity contribution in [2.45, 2.75) is 13.3 Å². The maximum Gasteiger partial charge on any atom is 0.133 e. The zero-order valence-electron chi connectivity index (χ0n) is 8.10. The Bertz CT molecular complexity index is 332. The van der Waals surface area contributed by atoms with Gasteiger partial charge in [0.25, 0.3) is 0 Å². The van der Waals surface area contributed by atoms with Crippen molar-refractivity contribution in [1.82, 2.24) is 0 Å². The Morgan fingerprint density at radius 1 is 1.50 bits per heavy atom. The van der Waals surface area contributed by atoms with Gasteiger partial charge < -0.3 is 5.11 Å². The molecule has 1 aromatic rings. The first kappa shape index (κ1) is 10.9. The molecule has 1 N–H and O–H groups in total. The van der Waals surface area contributed by atoms with Crippen molar-refractivity contribution in [2.24, 2.45) is 5.92 Å². The Morgan fingerprint density at radius 3 is 2.86 bits per heavy atom. The van der Waals surface area contributed by atoms with E-state index in [1.807, 2.05) is 18.2 Å². The molecule has 2 nitrogen and oxygen atoms in total. The summed E-state index contributed by atoms with van der Waals surface area (Å²) < 4.78 is 0. The molecule has 0 aliphatic rings. The highest BCUT2D eigenvalue weighted by atomic mass is 32.2. The first-order chi connectivity index (χ1) is 6.74. The van der Waals surface area contributed by atoms with Crippen LogP contribution < -0.4 is 0 Å². The standard InChI is InChI=1S/C11H13NOS/c1-9(7-14-8-12)6-10-4-2-3-5-11(10)13/h2-5,9,13H,6-7H2,1H3. The fourth-order valence-electron chi connectivity index (χ4n) is 1.30. The van der Waals surface area contributed by atoms with Crippen LogP contribution in [0.2, 0.25) is 0 Å². The van der Waals surface area contributed by atoms with Crippen molar-refractivity contribution >= 4 is 11.8 Å². The second-order valence-electron chi connectivity index (χ2n) is 3.34. The highest BCUT2D eigenvalue weighted by Gasteiger charge is 2.06. The van der Waals surface area contributed by atoms with Gasteiger partial charge >= 0.3 is 0 Å². The van der Waals surface area contributed by atoms with E-state index < -0.39 is 0 Å². The number of hydrogen-bond acceptors (Lipinski definition) is 3. The minimum Gasteiger partial charge on any atom is -0.508 e. The lowest BCUT2D eigenvalue weighted by Gasteiger charge is -2.09. The Kier molecular flexibility index (Phi) is 4.34. The van der Waals surface area contributed by atoms with Gasteiger partial charge in [-0.15, -0.1) is 0 Å². The molecule has 0 heterocycles. The predicted octanol–water partition coefficient (Wildman–Crippen LogP) is 2.79. The molecule has 14 heavy (non-hydrogen) atoms. The molecule has 74 valence electrons. The number of thioether (sulfide) groups is 1. The Balaban J connectivity index is 2.52. The van der Waals surface area contributed by atoms with Crippen LogP contribution in [0.4, 0.5) is 0 Å². The van der Waals surface area contributed by atoms with Gasteiger partial charge in [-0.3, -0.25) is 0 Å². The number of nitriles is 1. The molecule has 0 spiro atoms. The van der Waals surface area contributed by atoms with Gasteiger partial charge in [0.05, 0.1) is 0 Å². The summed E-state index contributed by atoms with van der Waals surface area (Å²) in [4.78, 5) is 0. The smallest absolute Gasteiger partial charge is 0.133 e. The van der Waals surface area contributed by atoms with E-state index in [1.165, 1.54) is 11.8 Å². The third-order valence-electron chi connectivity index (χ3n) is 1.99. The number of thiocyanates is 1. The summed E-state index contributed by atoms with van der Waals surface area (Å²) in [6.45, 7) is 2.08. The molecule has 0 fully saturated rings. The second kappa shape index (κ2) is 5.56. The molecule has 0 amide bonds. The van der Waals surface area contributed by atoms with E-state index >= 15 is 0 Å². The third kappa shape index (κ3) is 3.31. The lowest BCUT2D eigenvalue weighted by Crippen LogP contribution is -2.02. The molecule has 0 aromatic heterocycles. The minimum absolute atomic E-state index is 0.348. The molecule has 0 saturated carbocycles. The number of nitrogens with zero attached hydrogens (tertiary/aromatic N) is 1. The van der Waals surface area contributed by atoms with Crippen LogP contribution in [0.15, 0.2) is 24.3 Å². The first-order valence-electron chi connectivity index (χ1n) is 4.51. The van der Waals surface area contributed by atoms with Gasteiger partial charge in [0.1, 0.15) is 11.2 Å². The van der Waals surface area contributed by atoms with Crippen LogP contribution >= 0.6 is 11.8 Å². The van der Waals surface area contributed by atoms with Crippen LogP contribution in [-0.2, 0) is 6.42 Å². The molecule has 1 atom stereocenters. The highest BCUT2D eigenvalue weighted by Crippen LogP contribution is 2.21. The summed E-state index contributed by atoms with van der Waals surface area (Å²) in [6.07, 6.45) is 0.821. The molecule has 0 saturated heterocycles. The molecular formula is C11H13NOS. The van der Waals surface area contributed by atoms with Crippen molar-refractivity contribution in [3.05, 3.63) is 29.8 Å². The zero-order valence-corrected chi connectivity index (χ0v) is 8.92. The monoisotopic (exact) mass is 207 g/mol. The van der Waals surface area contributed by atoms with Crippen LogP contribution in [0.25, 0.3) is 0 Å². The predicted molar refractivity (Wildman–Crippen MR) is 59.0 cm³/mol. The lowest BCUT2D eigenvalue weighted by molar-refractivity contribution is 0.463. The van der Waals surface area contributed by atoms with Gasteiger partial charge in [-0.05, 0) is 35.7 Å². The summed E-state index contributed by atoms with van der Waals surface area (Å²) >= 11 is 1.27. The van der Waals surface area contributed by atoms with Gasteiger partial charge in [0.15, 0.2) is 0 Å². The average Bonchev–Trinajstić information content (AvgIpc) is 2.18. The molecule has 0 bridgehead atoms. The van der Waals surface area contributed by atoms with E-state index in [9.17, 15) is 5.11 Å². The number of rotatable bonds is 4. The number of benzene rings is 1. The van der Waals surface area contributed by atoms with Gasteiger partial charge in [-0.25, -0.2) is 0 Å². The summed E-state index contributed by atoms with van der Waals surface area (Å²) in [7, 11) is 0. The third-order valence-corrected chi connectivity index (χ3v) is 2.86. The second-order valence-corrected chi connectivity index (χ2v) is 4.14. The zero-order chi connectivity index (χ0) is 10.4. The summed E-state index contributed by atoms with van der Waals surface area (Å²) in [5.74, 6) is 1.57. The van der Waals surface area contributed by atoms with Crippen LogP contribution in [0.1, 0.15) is 12.5 Å². The highest BCUT2D eigenvalue weighted by molar-refractivity contribution is 8.03. The quantitative estimate of drug-likeness (QED) is 0.772. The van der Waals surface area contributed by atoms with E-state index in [0.29, 0.717) is 11.7 Å². The van der Waals surface area contributed by atoms with Gasteiger partial charge in [0.2, 0.25) is 0 Å². The molecule has 0 aliphatic carbocycles. The largest absolute Gasteiger partial charge is 0.508 e. The number of para-hydroxylation sites is 1. The van der Waals surface area contributed by atoms with Crippen LogP contribution in [0.3, 0.4) is 0 Å². The Labute approximate surface area is 88.6 Å². The summed E-state index contributed by atoms with van der Waals surface area (Å²) in [5.41, 5.74) is 0.957. The molecule has 0 radical (unpaired) electrons. The normalized spacial score (nSPS) is 12.0.